The van der Waals surface area contributed by atoms with Gasteiger partial charge in [-0.05, 0) is 36.9 Å². The van der Waals surface area contributed by atoms with Crippen LogP contribution in [-0.2, 0) is 6.42 Å². The van der Waals surface area contributed by atoms with E-state index < -0.39 is 0 Å². The lowest BCUT2D eigenvalue weighted by molar-refractivity contribution is 0.306. The van der Waals surface area contributed by atoms with Crippen LogP contribution in [0.4, 0.5) is 0 Å². The van der Waals surface area contributed by atoms with Crippen LogP contribution in [0.25, 0.3) is 0 Å². The number of rotatable bonds is 6. The lowest BCUT2D eigenvalue weighted by atomic mass is 9.83. The van der Waals surface area contributed by atoms with Gasteiger partial charge < -0.3 is 5.32 Å². The third-order valence-electron chi connectivity index (χ3n) is 4.53. The Bertz CT molecular complexity index is 366. The van der Waals surface area contributed by atoms with Crippen molar-refractivity contribution >= 4 is 0 Å². The summed E-state index contributed by atoms with van der Waals surface area (Å²) in [7, 11) is 2.11. The van der Waals surface area contributed by atoms with Crippen molar-refractivity contribution in [1.29, 1.82) is 0 Å². The second-order valence-corrected chi connectivity index (χ2v) is 6.08. The molecule has 0 bridgehead atoms. The highest BCUT2D eigenvalue weighted by atomic mass is 14.9. The molecule has 0 spiro atoms. The van der Waals surface area contributed by atoms with Gasteiger partial charge in [-0.15, -0.1) is 0 Å². The van der Waals surface area contributed by atoms with E-state index in [1.165, 1.54) is 62.5 Å². The van der Waals surface area contributed by atoms with Gasteiger partial charge in [-0.2, -0.15) is 0 Å². The zero-order valence-electron chi connectivity index (χ0n) is 12.6. The Morgan fingerprint density at radius 1 is 1.21 bits per heavy atom. The van der Waals surface area contributed by atoms with E-state index in [1.54, 1.807) is 0 Å². The first-order chi connectivity index (χ1) is 9.33. The van der Waals surface area contributed by atoms with Crippen LogP contribution in [0.2, 0.25) is 0 Å². The smallest absolute Gasteiger partial charge is 0.0320 e. The average molecular weight is 259 g/mol. The van der Waals surface area contributed by atoms with Gasteiger partial charge in [0.15, 0.2) is 0 Å². The fourth-order valence-electron chi connectivity index (χ4n) is 3.43. The molecule has 1 fully saturated rings. The molecule has 1 saturated carbocycles. The molecule has 19 heavy (non-hydrogen) atoms. The van der Waals surface area contributed by atoms with Crippen molar-refractivity contribution in [3.05, 3.63) is 35.4 Å². The summed E-state index contributed by atoms with van der Waals surface area (Å²) in [5.74, 6) is 0.932. The van der Waals surface area contributed by atoms with Crippen molar-refractivity contribution in [2.75, 3.05) is 7.05 Å². The molecule has 1 aromatic carbocycles. The molecule has 0 radical (unpaired) electrons. The van der Waals surface area contributed by atoms with Crippen LogP contribution in [0.5, 0.6) is 0 Å². The summed E-state index contributed by atoms with van der Waals surface area (Å²) in [6.07, 6.45) is 11.0. The maximum absolute atomic E-state index is 3.53. The SMILES string of the molecule is CCCc1cccc(C(CC2CCCCC2)NC)c1. The van der Waals surface area contributed by atoms with E-state index in [-0.39, 0.29) is 0 Å². The van der Waals surface area contributed by atoms with Crippen molar-refractivity contribution in [1.82, 2.24) is 5.32 Å². The highest BCUT2D eigenvalue weighted by molar-refractivity contribution is 5.26. The van der Waals surface area contributed by atoms with Crippen LogP contribution in [0, 0.1) is 5.92 Å². The number of benzene rings is 1. The van der Waals surface area contributed by atoms with Gasteiger partial charge in [0.25, 0.3) is 0 Å². The van der Waals surface area contributed by atoms with Crippen molar-refractivity contribution in [2.24, 2.45) is 5.92 Å². The molecule has 1 atom stereocenters. The third kappa shape index (κ3) is 4.35. The van der Waals surface area contributed by atoms with E-state index in [9.17, 15) is 0 Å². The van der Waals surface area contributed by atoms with Gasteiger partial charge in [0.05, 0.1) is 0 Å². The number of hydrogen-bond acceptors (Lipinski definition) is 1. The minimum atomic E-state index is 0.542. The molecule has 1 nitrogen and oxygen atoms in total. The summed E-state index contributed by atoms with van der Waals surface area (Å²) < 4.78 is 0. The van der Waals surface area contributed by atoms with E-state index in [4.69, 9.17) is 0 Å². The number of aryl methyl sites for hydroxylation is 1. The molecule has 0 heterocycles. The monoisotopic (exact) mass is 259 g/mol. The Balaban J connectivity index is 2.01. The molecule has 1 aromatic rings. The van der Waals surface area contributed by atoms with E-state index >= 15 is 0 Å². The van der Waals surface area contributed by atoms with Crippen LogP contribution < -0.4 is 5.32 Å². The van der Waals surface area contributed by atoms with E-state index in [2.05, 4.69) is 43.6 Å². The van der Waals surface area contributed by atoms with Crippen molar-refractivity contribution in [3.8, 4) is 0 Å². The first-order valence-electron chi connectivity index (χ1n) is 8.09. The Kier molecular flexibility index (Phi) is 5.91. The molecule has 1 unspecified atom stereocenters. The lowest BCUT2D eigenvalue weighted by Gasteiger charge is -2.27. The zero-order chi connectivity index (χ0) is 13.5. The molecule has 1 aliphatic rings. The maximum atomic E-state index is 3.53. The zero-order valence-corrected chi connectivity index (χ0v) is 12.6. The standard InChI is InChI=1S/C18H29N/c1-3-8-15-11-7-12-17(13-15)18(19-2)14-16-9-5-4-6-10-16/h7,11-13,16,18-19H,3-6,8-10,14H2,1-2H3. The molecule has 0 saturated heterocycles. The summed E-state index contributed by atoms with van der Waals surface area (Å²) >= 11 is 0. The van der Waals surface area contributed by atoms with Gasteiger partial charge in [-0.25, -0.2) is 0 Å². The summed E-state index contributed by atoms with van der Waals surface area (Å²) in [6, 6.07) is 9.74. The van der Waals surface area contributed by atoms with Crippen molar-refractivity contribution in [3.63, 3.8) is 0 Å². The van der Waals surface area contributed by atoms with Crippen LogP contribution in [0.3, 0.4) is 0 Å². The normalized spacial score (nSPS) is 18.4. The third-order valence-corrected chi connectivity index (χ3v) is 4.53. The van der Waals surface area contributed by atoms with Gasteiger partial charge in [-0.1, -0.05) is 69.7 Å². The second-order valence-electron chi connectivity index (χ2n) is 6.08. The molecule has 2 rings (SSSR count). The van der Waals surface area contributed by atoms with E-state index in [0.29, 0.717) is 6.04 Å². The quantitative estimate of drug-likeness (QED) is 0.768. The maximum Gasteiger partial charge on any atom is 0.0320 e. The fraction of sp³-hybridized carbons (Fsp3) is 0.667. The number of nitrogens with one attached hydrogen (secondary N) is 1. The Hall–Kier alpha value is -0.820. The van der Waals surface area contributed by atoms with Crippen LogP contribution in [0.1, 0.15) is 69.0 Å². The molecule has 106 valence electrons. The summed E-state index contributed by atoms with van der Waals surface area (Å²) in [4.78, 5) is 0. The lowest BCUT2D eigenvalue weighted by Crippen LogP contribution is -2.21. The van der Waals surface area contributed by atoms with E-state index in [1.807, 2.05) is 0 Å². The van der Waals surface area contributed by atoms with Crippen molar-refractivity contribution in [2.45, 2.75) is 64.3 Å². The van der Waals surface area contributed by atoms with Crippen LogP contribution >= 0.6 is 0 Å². The molecule has 0 aromatic heterocycles. The molecule has 1 N–H and O–H groups in total. The first-order valence-corrected chi connectivity index (χ1v) is 8.09. The van der Waals surface area contributed by atoms with Gasteiger partial charge in [0.1, 0.15) is 0 Å². The molecule has 0 aliphatic heterocycles. The van der Waals surface area contributed by atoms with Crippen molar-refractivity contribution < 1.29 is 0 Å². The van der Waals surface area contributed by atoms with Gasteiger partial charge in [0.2, 0.25) is 0 Å². The van der Waals surface area contributed by atoms with Crippen LogP contribution in [0.15, 0.2) is 24.3 Å². The summed E-state index contributed by atoms with van der Waals surface area (Å²) in [6.45, 7) is 2.25. The number of hydrogen-bond donors (Lipinski definition) is 1. The first kappa shape index (κ1) is 14.6. The fourth-order valence-corrected chi connectivity index (χ4v) is 3.43. The highest BCUT2D eigenvalue weighted by Crippen LogP contribution is 2.32. The largest absolute Gasteiger partial charge is 0.313 e. The Labute approximate surface area is 118 Å². The molecule has 1 aliphatic carbocycles. The predicted octanol–water partition coefficient (Wildman–Crippen LogP) is 4.87. The van der Waals surface area contributed by atoms with Gasteiger partial charge >= 0.3 is 0 Å². The molecular formula is C18H29N. The summed E-state index contributed by atoms with van der Waals surface area (Å²) in [5.41, 5.74) is 2.97. The second kappa shape index (κ2) is 7.69. The molecule has 1 heteroatoms. The highest BCUT2D eigenvalue weighted by Gasteiger charge is 2.19. The minimum Gasteiger partial charge on any atom is -0.313 e. The average Bonchev–Trinajstić information content (AvgIpc) is 2.46. The molecular weight excluding hydrogens is 230 g/mol. The Morgan fingerprint density at radius 3 is 2.68 bits per heavy atom. The Morgan fingerprint density at radius 2 is 2.00 bits per heavy atom. The van der Waals surface area contributed by atoms with Gasteiger partial charge in [-0.3, -0.25) is 0 Å². The van der Waals surface area contributed by atoms with E-state index in [0.717, 1.165) is 5.92 Å². The predicted molar refractivity (Wildman–Crippen MR) is 83.4 cm³/mol. The minimum absolute atomic E-state index is 0.542. The topological polar surface area (TPSA) is 12.0 Å². The molecule has 0 amide bonds. The van der Waals surface area contributed by atoms with Gasteiger partial charge in [0, 0.05) is 6.04 Å². The summed E-state index contributed by atoms with van der Waals surface area (Å²) in [5, 5.41) is 3.53. The van der Waals surface area contributed by atoms with Crippen LogP contribution in [-0.4, -0.2) is 7.05 Å².